The second kappa shape index (κ2) is 7.19. The van der Waals surface area contributed by atoms with Crippen LogP contribution in [0.2, 0.25) is 0 Å². The van der Waals surface area contributed by atoms with Gasteiger partial charge in [-0.3, -0.25) is 4.79 Å². The number of rotatable bonds is 7. The van der Waals surface area contributed by atoms with Gasteiger partial charge in [0.2, 0.25) is 5.91 Å². The van der Waals surface area contributed by atoms with Gasteiger partial charge in [0.1, 0.15) is 5.51 Å². The van der Waals surface area contributed by atoms with Crippen LogP contribution in [0.4, 0.5) is 0 Å². The van der Waals surface area contributed by atoms with E-state index < -0.39 is 0 Å². The molecule has 0 fully saturated rings. The summed E-state index contributed by atoms with van der Waals surface area (Å²) in [4.78, 5) is 13.5. The Balaban J connectivity index is 2.42. The van der Waals surface area contributed by atoms with Gasteiger partial charge in [-0.05, 0) is 0 Å². The van der Waals surface area contributed by atoms with Crippen molar-refractivity contribution >= 4 is 29.0 Å². The maximum atomic E-state index is 11.8. The molecule has 0 aliphatic heterocycles. The number of carbonyl (C=O) groups excluding carboxylic acids is 1. The van der Waals surface area contributed by atoms with E-state index in [0.717, 1.165) is 4.34 Å². The van der Waals surface area contributed by atoms with E-state index in [9.17, 15) is 4.79 Å². The monoisotopic (exact) mass is 255 g/mol. The van der Waals surface area contributed by atoms with Crippen LogP contribution >= 0.6 is 23.1 Å². The van der Waals surface area contributed by atoms with Gasteiger partial charge in [-0.25, -0.2) is 0 Å². The van der Waals surface area contributed by atoms with E-state index in [1.165, 1.54) is 23.1 Å². The first-order valence-corrected chi connectivity index (χ1v) is 6.53. The summed E-state index contributed by atoms with van der Waals surface area (Å²) in [5.74, 6) is 0.427. The molecule has 1 amide bonds. The van der Waals surface area contributed by atoms with Gasteiger partial charge < -0.3 is 4.90 Å². The van der Waals surface area contributed by atoms with Crippen LogP contribution in [-0.4, -0.2) is 39.8 Å². The first-order valence-electron chi connectivity index (χ1n) is 4.66. The van der Waals surface area contributed by atoms with Crippen molar-refractivity contribution in [2.45, 2.75) is 4.34 Å². The van der Waals surface area contributed by atoms with Crippen molar-refractivity contribution in [3.05, 3.63) is 30.8 Å². The molecule has 0 saturated heterocycles. The molecule has 16 heavy (non-hydrogen) atoms. The Kier molecular flexibility index (Phi) is 5.81. The highest BCUT2D eigenvalue weighted by molar-refractivity contribution is 8.01. The van der Waals surface area contributed by atoms with Crippen molar-refractivity contribution in [3.8, 4) is 0 Å². The van der Waals surface area contributed by atoms with Crippen LogP contribution in [0, 0.1) is 0 Å². The van der Waals surface area contributed by atoms with Crippen molar-refractivity contribution in [1.29, 1.82) is 0 Å². The van der Waals surface area contributed by atoms with Gasteiger partial charge in [0.05, 0.1) is 5.75 Å². The Hall–Kier alpha value is -1.14. The lowest BCUT2D eigenvalue weighted by molar-refractivity contribution is -0.127. The van der Waals surface area contributed by atoms with E-state index in [2.05, 4.69) is 23.4 Å². The second-order valence-corrected chi connectivity index (χ2v) is 4.93. The van der Waals surface area contributed by atoms with Crippen molar-refractivity contribution < 1.29 is 4.79 Å². The molecule has 0 saturated carbocycles. The van der Waals surface area contributed by atoms with Gasteiger partial charge in [0.15, 0.2) is 4.34 Å². The van der Waals surface area contributed by atoms with Crippen LogP contribution in [0.5, 0.6) is 0 Å². The van der Waals surface area contributed by atoms with Gasteiger partial charge in [0.25, 0.3) is 0 Å². The predicted molar refractivity (Wildman–Crippen MR) is 67.6 cm³/mol. The summed E-state index contributed by atoms with van der Waals surface area (Å²) < 4.78 is 0.811. The van der Waals surface area contributed by atoms with Gasteiger partial charge >= 0.3 is 0 Å². The second-order valence-electron chi connectivity index (χ2n) is 2.87. The molecule has 0 spiro atoms. The lowest BCUT2D eigenvalue weighted by atomic mass is 10.4. The summed E-state index contributed by atoms with van der Waals surface area (Å²) in [5, 5.41) is 7.57. The van der Waals surface area contributed by atoms with Gasteiger partial charge in [-0.1, -0.05) is 35.3 Å². The molecule has 0 aliphatic carbocycles. The van der Waals surface area contributed by atoms with E-state index in [0.29, 0.717) is 18.8 Å². The highest BCUT2D eigenvalue weighted by Gasteiger charge is 2.11. The Morgan fingerprint density at radius 3 is 2.69 bits per heavy atom. The number of thioether (sulfide) groups is 1. The van der Waals surface area contributed by atoms with E-state index >= 15 is 0 Å². The fourth-order valence-corrected chi connectivity index (χ4v) is 2.42. The SMILES string of the molecule is C=CCN(CC=C)C(=O)CSc1nncs1. The molecular formula is C10H13N3OS2. The molecule has 1 heterocycles. The largest absolute Gasteiger partial charge is 0.335 e. The number of aromatic nitrogens is 2. The zero-order chi connectivity index (χ0) is 11.8. The highest BCUT2D eigenvalue weighted by Crippen LogP contribution is 2.19. The minimum atomic E-state index is 0.0556. The molecule has 0 aromatic carbocycles. The van der Waals surface area contributed by atoms with Crippen LogP contribution in [0.3, 0.4) is 0 Å². The third-order valence-corrected chi connectivity index (χ3v) is 3.56. The topological polar surface area (TPSA) is 46.1 Å². The maximum Gasteiger partial charge on any atom is 0.233 e. The zero-order valence-corrected chi connectivity index (χ0v) is 10.5. The van der Waals surface area contributed by atoms with Crippen molar-refractivity contribution in [3.63, 3.8) is 0 Å². The van der Waals surface area contributed by atoms with Gasteiger partial charge in [-0.15, -0.1) is 23.4 Å². The van der Waals surface area contributed by atoms with Gasteiger partial charge in [-0.2, -0.15) is 0 Å². The molecule has 86 valence electrons. The molecule has 0 atom stereocenters. The van der Waals surface area contributed by atoms with Crippen LogP contribution < -0.4 is 0 Å². The summed E-state index contributed by atoms with van der Waals surface area (Å²) >= 11 is 2.83. The Morgan fingerprint density at radius 1 is 1.50 bits per heavy atom. The summed E-state index contributed by atoms with van der Waals surface area (Å²) in [6, 6.07) is 0. The lowest BCUT2D eigenvalue weighted by Crippen LogP contribution is -2.32. The van der Waals surface area contributed by atoms with Crippen molar-refractivity contribution in [2.75, 3.05) is 18.8 Å². The third-order valence-electron chi connectivity index (χ3n) is 1.71. The smallest absolute Gasteiger partial charge is 0.233 e. The summed E-state index contributed by atoms with van der Waals surface area (Å²) in [7, 11) is 0. The van der Waals surface area contributed by atoms with Crippen LogP contribution in [0.25, 0.3) is 0 Å². The Bertz CT molecular complexity index is 341. The first kappa shape index (κ1) is 12.9. The van der Waals surface area contributed by atoms with E-state index in [1.54, 1.807) is 22.6 Å². The van der Waals surface area contributed by atoms with E-state index in [1.807, 2.05) is 0 Å². The first-order chi connectivity index (χ1) is 7.77. The number of nitrogens with zero attached hydrogens (tertiary/aromatic N) is 3. The summed E-state index contributed by atoms with van der Waals surface area (Å²) in [6.45, 7) is 8.33. The van der Waals surface area contributed by atoms with Crippen LogP contribution in [-0.2, 0) is 4.79 Å². The van der Waals surface area contributed by atoms with Crippen molar-refractivity contribution in [1.82, 2.24) is 15.1 Å². The van der Waals surface area contributed by atoms with E-state index in [4.69, 9.17) is 0 Å². The van der Waals surface area contributed by atoms with Crippen LogP contribution in [0.15, 0.2) is 35.2 Å². The molecular weight excluding hydrogens is 242 g/mol. The standard InChI is InChI=1S/C10H13N3OS2/c1-3-5-13(6-4-2)9(14)7-15-10-12-11-8-16-10/h3-4,8H,1-2,5-7H2. The number of hydrogen-bond acceptors (Lipinski definition) is 5. The molecule has 0 aliphatic rings. The maximum absolute atomic E-state index is 11.8. The minimum absolute atomic E-state index is 0.0556. The molecule has 0 radical (unpaired) electrons. The lowest BCUT2D eigenvalue weighted by Gasteiger charge is -2.18. The average Bonchev–Trinajstić information content (AvgIpc) is 2.78. The molecule has 6 heteroatoms. The minimum Gasteiger partial charge on any atom is -0.335 e. The average molecular weight is 255 g/mol. The molecule has 0 unspecified atom stereocenters. The predicted octanol–water partition coefficient (Wildman–Crippen LogP) is 1.83. The number of amides is 1. The molecule has 1 aromatic rings. The fraction of sp³-hybridized carbons (Fsp3) is 0.300. The molecule has 4 nitrogen and oxygen atoms in total. The number of hydrogen-bond donors (Lipinski definition) is 0. The fourth-order valence-electron chi connectivity index (χ4n) is 1.03. The normalized spacial score (nSPS) is 9.75. The zero-order valence-electron chi connectivity index (χ0n) is 8.83. The van der Waals surface area contributed by atoms with Crippen molar-refractivity contribution in [2.24, 2.45) is 0 Å². The number of carbonyl (C=O) groups is 1. The molecule has 0 N–H and O–H groups in total. The van der Waals surface area contributed by atoms with Gasteiger partial charge in [0, 0.05) is 13.1 Å². The molecule has 1 aromatic heterocycles. The Labute approximate surface area is 103 Å². The summed E-state index contributed by atoms with van der Waals surface area (Å²) in [5.41, 5.74) is 1.65. The van der Waals surface area contributed by atoms with Crippen LogP contribution in [0.1, 0.15) is 0 Å². The third kappa shape index (κ3) is 4.16. The molecule has 0 bridgehead atoms. The molecule has 1 rings (SSSR count). The quantitative estimate of drug-likeness (QED) is 0.551. The summed E-state index contributed by atoms with van der Waals surface area (Å²) in [6.07, 6.45) is 3.41. The van der Waals surface area contributed by atoms with E-state index in [-0.39, 0.29) is 5.91 Å². The highest BCUT2D eigenvalue weighted by atomic mass is 32.2. The Morgan fingerprint density at radius 2 is 2.19 bits per heavy atom.